The zero-order valence-electron chi connectivity index (χ0n) is 12.5. The number of carboxylic acid groups (broad SMARTS) is 1. The molecular weight excluding hydrogens is 332 g/mol. The number of halogens is 4. The van der Waals surface area contributed by atoms with Gasteiger partial charge in [-0.2, -0.15) is 13.2 Å². The summed E-state index contributed by atoms with van der Waals surface area (Å²) >= 11 is 0. The van der Waals surface area contributed by atoms with E-state index in [2.05, 4.69) is 0 Å². The van der Waals surface area contributed by atoms with Crippen molar-refractivity contribution in [1.29, 1.82) is 0 Å². The van der Waals surface area contributed by atoms with Gasteiger partial charge in [0.05, 0.1) is 5.92 Å². The number of aliphatic carboxylic acids is 1. The number of benzene rings is 1. The lowest BCUT2D eigenvalue weighted by molar-refractivity contribution is -0.155. The molecule has 1 saturated heterocycles. The predicted molar refractivity (Wildman–Crippen MR) is 75.7 cm³/mol. The minimum Gasteiger partial charge on any atom is -0.481 e. The molecule has 5 nitrogen and oxygen atoms in total. The maximum absolute atomic E-state index is 13.2. The van der Waals surface area contributed by atoms with Crippen LogP contribution < -0.4 is 5.32 Å². The molecule has 0 bridgehead atoms. The number of carboxylic acids is 1. The fourth-order valence-corrected chi connectivity index (χ4v) is 2.59. The van der Waals surface area contributed by atoms with Gasteiger partial charge in [0.1, 0.15) is 5.82 Å². The number of rotatable bonds is 3. The minimum atomic E-state index is -4.77. The first-order chi connectivity index (χ1) is 11.2. The number of piperidine rings is 1. The van der Waals surface area contributed by atoms with Crippen LogP contribution in [0, 0.1) is 11.7 Å². The first-order valence-corrected chi connectivity index (χ1v) is 7.29. The SMILES string of the molecule is O=C(O)C1CCCN(C(=O)N[C@@H](c2ccc(F)cc2)C(F)(F)F)C1. The van der Waals surface area contributed by atoms with E-state index in [1.54, 1.807) is 0 Å². The van der Waals surface area contributed by atoms with E-state index in [-0.39, 0.29) is 18.7 Å². The highest BCUT2D eigenvalue weighted by Crippen LogP contribution is 2.33. The molecule has 2 amide bonds. The van der Waals surface area contributed by atoms with Gasteiger partial charge in [-0.1, -0.05) is 12.1 Å². The van der Waals surface area contributed by atoms with Crippen LogP contribution in [0.15, 0.2) is 24.3 Å². The Labute approximate surface area is 135 Å². The van der Waals surface area contributed by atoms with Gasteiger partial charge in [0.25, 0.3) is 0 Å². The van der Waals surface area contributed by atoms with Gasteiger partial charge in [0.2, 0.25) is 0 Å². The first-order valence-electron chi connectivity index (χ1n) is 7.29. The zero-order valence-corrected chi connectivity index (χ0v) is 12.5. The van der Waals surface area contributed by atoms with Crippen LogP contribution in [0.1, 0.15) is 24.4 Å². The Morgan fingerprint density at radius 2 is 1.88 bits per heavy atom. The topological polar surface area (TPSA) is 69.6 Å². The van der Waals surface area contributed by atoms with Crippen LogP contribution in [0.4, 0.5) is 22.4 Å². The van der Waals surface area contributed by atoms with Gasteiger partial charge < -0.3 is 15.3 Å². The van der Waals surface area contributed by atoms with Gasteiger partial charge in [0.15, 0.2) is 6.04 Å². The number of amides is 2. The number of alkyl halides is 3. The normalized spacial score (nSPS) is 19.7. The third-order valence-electron chi connectivity index (χ3n) is 3.86. The number of hydrogen-bond donors (Lipinski definition) is 2. The highest BCUT2D eigenvalue weighted by atomic mass is 19.4. The van der Waals surface area contributed by atoms with Gasteiger partial charge in [-0.3, -0.25) is 4.79 Å². The molecule has 2 atom stereocenters. The number of carbonyl (C=O) groups is 2. The number of hydrogen-bond acceptors (Lipinski definition) is 2. The largest absolute Gasteiger partial charge is 0.481 e. The minimum absolute atomic E-state index is 0.144. The van der Waals surface area contributed by atoms with Crippen molar-refractivity contribution in [2.45, 2.75) is 25.1 Å². The fourth-order valence-electron chi connectivity index (χ4n) is 2.59. The highest BCUT2D eigenvalue weighted by Gasteiger charge is 2.43. The lowest BCUT2D eigenvalue weighted by Gasteiger charge is -2.32. The molecule has 2 rings (SSSR count). The summed E-state index contributed by atoms with van der Waals surface area (Å²) < 4.78 is 52.5. The smallest absolute Gasteiger partial charge is 0.412 e. The Hall–Kier alpha value is -2.32. The van der Waals surface area contributed by atoms with E-state index in [0.717, 1.165) is 29.2 Å². The van der Waals surface area contributed by atoms with Crippen LogP contribution in [-0.4, -0.2) is 41.3 Å². The van der Waals surface area contributed by atoms with E-state index < -0.39 is 36.0 Å². The molecule has 1 aliphatic rings. The van der Waals surface area contributed by atoms with E-state index in [4.69, 9.17) is 5.11 Å². The van der Waals surface area contributed by atoms with Crippen LogP contribution in [0.25, 0.3) is 0 Å². The molecule has 0 spiro atoms. The van der Waals surface area contributed by atoms with Crippen molar-refractivity contribution in [3.63, 3.8) is 0 Å². The Morgan fingerprint density at radius 3 is 2.42 bits per heavy atom. The van der Waals surface area contributed by atoms with Crippen LogP contribution in [-0.2, 0) is 4.79 Å². The monoisotopic (exact) mass is 348 g/mol. The summed E-state index contributed by atoms with van der Waals surface area (Å²) in [4.78, 5) is 24.2. The van der Waals surface area contributed by atoms with Crippen LogP contribution in [0.5, 0.6) is 0 Å². The molecular formula is C15H16F4N2O3. The number of nitrogens with one attached hydrogen (secondary N) is 1. The number of likely N-dealkylation sites (tertiary alicyclic amines) is 1. The van der Waals surface area contributed by atoms with Crippen molar-refractivity contribution in [2.75, 3.05) is 13.1 Å². The first kappa shape index (κ1) is 18.0. The molecule has 0 radical (unpaired) electrons. The van der Waals surface area contributed by atoms with Gasteiger partial charge in [-0.25, -0.2) is 9.18 Å². The van der Waals surface area contributed by atoms with Crippen LogP contribution in [0.3, 0.4) is 0 Å². The Balaban J connectivity index is 2.13. The Bertz CT molecular complexity index is 604. The predicted octanol–water partition coefficient (Wildman–Crippen LogP) is 2.94. The van der Waals surface area contributed by atoms with Crippen molar-refractivity contribution < 1.29 is 32.3 Å². The lowest BCUT2D eigenvalue weighted by atomic mass is 9.98. The second-order valence-corrected chi connectivity index (χ2v) is 5.60. The van der Waals surface area contributed by atoms with Crippen LogP contribution in [0.2, 0.25) is 0 Å². The van der Waals surface area contributed by atoms with Crippen molar-refractivity contribution >= 4 is 12.0 Å². The molecule has 1 aliphatic heterocycles. The summed E-state index contributed by atoms with van der Waals surface area (Å²) in [5, 5.41) is 10.8. The van der Waals surface area contributed by atoms with E-state index >= 15 is 0 Å². The molecule has 1 aromatic rings. The van der Waals surface area contributed by atoms with Gasteiger partial charge in [0, 0.05) is 13.1 Å². The van der Waals surface area contributed by atoms with Gasteiger partial charge >= 0.3 is 18.2 Å². The molecule has 0 saturated carbocycles. The maximum atomic E-state index is 13.2. The molecule has 2 N–H and O–H groups in total. The van der Waals surface area contributed by atoms with Crippen molar-refractivity contribution in [3.8, 4) is 0 Å². The summed E-state index contributed by atoms with van der Waals surface area (Å²) in [6, 6.07) is 0.362. The average Bonchev–Trinajstić information content (AvgIpc) is 2.52. The average molecular weight is 348 g/mol. The summed E-state index contributed by atoms with van der Waals surface area (Å²) in [6.07, 6.45) is -3.99. The van der Waals surface area contributed by atoms with E-state index in [1.807, 2.05) is 5.32 Å². The summed E-state index contributed by atoms with van der Waals surface area (Å²) in [7, 11) is 0. The molecule has 1 fully saturated rings. The molecule has 1 unspecified atom stereocenters. The zero-order chi connectivity index (χ0) is 17.9. The molecule has 9 heteroatoms. The number of urea groups is 1. The summed E-state index contributed by atoms with van der Waals surface area (Å²) in [6.45, 7) is 0.0404. The Kier molecular flexibility index (Phi) is 5.30. The van der Waals surface area contributed by atoms with Gasteiger partial charge in [-0.15, -0.1) is 0 Å². The van der Waals surface area contributed by atoms with E-state index in [0.29, 0.717) is 12.8 Å². The molecule has 1 aromatic carbocycles. The molecule has 24 heavy (non-hydrogen) atoms. The van der Waals surface area contributed by atoms with E-state index in [1.165, 1.54) is 0 Å². The third-order valence-corrected chi connectivity index (χ3v) is 3.86. The quantitative estimate of drug-likeness (QED) is 0.825. The lowest BCUT2D eigenvalue weighted by Crippen LogP contribution is -2.50. The fraction of sp³-hybridized carbons (Fsp3) is 0.467. The van der Waals surface area contributed by atoms with Crippen molar-refractivity contribution in [3.05, 3.63) is 35.6 Å². The number of nitrogens with zero attached hydrogens (tertiary/aromatic N) is 1. The summed E-state index contributed by atoms with van der Waals surface area (Å²) in [5.41, 5.74) is -0.302. The second kappa shape index (κ2) is 7.06. The molecule has 1 heterocycles. The second-order valence-electron chi connectivity index (χ2n) is 5.60. The Morgan fingerprint density at radius 1 is 1.25 bits per heavy atom. The maximum Gasteiger partial charge on any atom is 0.412 e. The molecule has 132 valence electrons. The molecule has 0 aromatic heterocycles. The summed E-state index contributed by atoms with van der Waals surface area (Å²) in [5.74, 6) is -2.57. The highest BCUT2D eigenvalue weighted by molar-refractivity contribution is 5.77. The van der Waals surface area contributed by atoms with E-state index in [9.17, 15) is 27.2 Å². The van der Waals surface area contributed by atoms with Crippen LogP contribution >= 0.6 is 0 Å². The molecule has 0 aliphatic carbocycles. The standard InChI is InChI=1S/C15H16F4N2O3/c16-11-5-3-9(4-6-11)12(15(17,18)19)20-14(24)21-7-1-2-10(8-21)13(22)23/h3-6,10,12H,1-2,7-8H2,(H,20,24)(H,22,23)/t10?,12-/m0/s1. The number of carbonyl (C=O) groups excluding carboxylic acids is 1. The third kappa shape index (κ3) is 4.36. The van der Waals surface area contributed by atoms with Crippen molar-refractivity contribution in [2.24, 2.45) is 5.92 Å². The van der Waals surface area contributed by atoms with Crippen molar-refractivity contribution in [1.82, 2.24) is 10.2 Å². The van der Waals surface area contributed by atoms with Gasteiger partial charge in [-0.05, 0) is 30.5 Å².